The van der Waals surface area contributed by atoms with Gasteiger partial charge in [-0.25, -0.2) is 4.79 Å². The summed E-state index contributed by atoms with van der Waals surface area (Å²) in [4.78, 5) is 10.8. The first kappa shape index (κ1) is 24.6. The number of ether oxygens (including phenoxy) is 3. The highest BCUT2D eigenvalue weighted by Gasteiger charge is 2.07. The lowest BCUT2D eigenvalue weighted by Crippen LogP contribution is -2.10. The van der Waals surface area contributed by atoms with Gasteiger partial charge in [-0.3, -0.25) is 0 Å². The Labute approximate surface area is 211 Å². The molecule has 0 saturated carbocycles. The van der Waals surface area contributed by atoms with Gasteiger partial charge in [-0.05, 0) is 88.8 Å². The maximum atomic E-state index is 10.8. The SMILES string of the molecule is COc1ccc(-c2cc(C=Cc3ccccc3)cc(COc3ccc(OCC(=O)O)c(C)c3)c2)cc1. The Kier molecular flexibility index (Phi) is 8.04. The third-order valence-electron chi connectivity index (χ3n) is 5.61. The van der Waals surface area contributed by atoms with Gasteiger partial charge in [0.25, 0.3) is 0 Å². The lowest BCUT2D eigenvalue weighted by Gasteiger charge is -2.12. The van der Waals surface area contributed by atoms with Crippen molar-refractivity contribution in [3.63, 3.8) is 0 Å². The highest BCUT2D eigenvalue weighted by atomic mass is 16.5. The van der Waals surface area contributed by atoms with Crippen molar-refractivity contribution in [3.8, 4) is 28.4 Å². The van der Waals surface area contributed by atoms with Gasteiger partial charge in [-0.2, -0.15) is 0 Å². The van der Waals surface area contributed by atoms with Crippen molar-refractivity contribution in [2.45, 2.75) is 13.5 Å². The lowest BCUT2D eigenvalue weighted by molar-refractivity contribution is -0.139. The summed E-state index contributed by atoms with van der Waals surface area (Å²) in [7, 11) is 1.66. The van der Waals surface area contributed by atoms with Crippen molar-refractivity contribution in [3.05, 3.63) is 113 Å². The molecule has 0 fully saturated rings. The van der Waals surface area contributed by atoms with Crippen LogP contribution in [-0.2, 0) is 11.4 Å². The minimum Gasteiger partial charge on any atom is -0.497 e. The number of carbonyl (C=O) groups is 1. The number of benzene rings is 4. The minimum atomic E-state index is -1.01. The van der Waals surface area contributed by atoms with Gasteiger partial charge in [-0.1, -0.05) is 54.6 Å². The molecule has 0 aliphatic heterocycles. The zero-order valence-electron chi connectivity index (χ0n) is 20.3. The summed E-state index contributed by atoms with van der Waals surface area (Å²) < 4.78 is 16.7. The van der Waals surface area contributed by atoms with Gasteiger partial charge >= 0.3 is 5.97 Å². The maximum Gasteiger partial charge on any atom is 0.341 e. The number of aliphatic carboxylic acids is 1. The third kappa shape index (κ3) is 6.76. The van der Waals surface area contributed by atoms with Crippen LogP contribution in [0, 0.1) is 6.92 Å². The number of carboxylic acids is 1. The van der Waals surface area contributed by atoms with E-state index < -0.39 is 5.97 Å². The first-order valence-corrected chi connectivity index (χ1v) is 11.6. The van der Waals surface area contributed by atoms with Gasteiger partial charge in [-0.15, -0.1) is 0 Å². The van der Waals surface area contributed by atoms with E-state index in [0.717, 1.165) is 39.1 Å². The molecule has 0 unspecified atom stereocenters. The van der Waals surface area contributed by atoms with Crippen molar-refractivity contribution in [2.24, 2.45) is 0 Å². The average Bonchev–Trinajstić information content (AvgIpc) is 2.90. The van der Waals surface area contributed by atoms with Gasteiger partial charge in [0.05, 0.1) is 7.11 Å². The van der Waals surface area contributed by atoms with E-state index >= 15 is 0 Å². The van der Waals surface area contributed by atoms with Crippen LogP contribution in [0.3, 0.4) is 0 Å². The highest BCUT2D eigenvalue weighted by molar-refractivity contribution is 5.74. The molecule has 4 rings (SSSR count). The molecule has 0 bridgehead atoms. The molecule has 0 radical (unpaired) electrons. The van der Waals surface area contributed by atoms with Crippen molar-refractivity contribution in [2.75, 3.05) is 13.7 Å². The average molecular weight is 481 g/mol. The number of methoxy groups -OCH3 is 1. The summed E-state index contributed by atoms with van der Waals surface area (Å²) in [6, 6.07) is 29.9. The van der Waals surface area contributed by atoms with E-state index in [-0.39, 0.29) is 6.61 Å². The predicted octanol–water partition coefficient (Wildman–Crippen LogP) is 6.88. The molecule has 0 aliphatic carbocycles. The molecular weight excluding hydrogens is 452 g/mol. The van der Waals surface area contributed by atoms with Gasteiger partial charge < -0.3 is 19.3 Å². The smallest absolute Gasteiger partial charge is 0.341 e. The molecule has 0 heterocycles. The number of hydrogen-bond acceptors (Lipinski definition) is 4. The summed E-state index contributed by atoms with van der Waals surface area (Å²) in [5.41, 5.74) is 6.21. The number of carboxylic acid groups (broad SMARTS) is 1. The van der Waals surface area contributed by atoms with Crippen LogP contribution in [0.25, 0.3) is 23.3 Å². The Balaban J connectivity index is 1.57. The fourth-order valence-electron chi connectivity index (χ4n) is 3.78. The van der Waals surface area contributed by atoms with Crippen molar-refractivity contribution in [1.29, 1.82) is 0 Å². The molecule has 5 nitrogen and oxygen atoms in total. The molecule has 36 heavy (non-hydrogen) atoms. The molecule has 0 amide bonds. The molecular formula is C31H28O5. The fourth-order valence-corrected chi connectivity index (χ4v) is 3.78. The van der Waals surface area contributed by atoms with Crippen LogP contribution in [0.1, 0.15) is 22.3 Å². The van der Waals surface area contributed by atoms with Gasteiger partial charge in [0.1, 0.15) is 23.9 Å². The Morgan fingerprint density at radius 3 is 2.19 bits per heavy atom. The second-order valence-corrected chi connectivity index (χ2v) is 8.33. The number of aryl methyl sites for hydroxylation is 1. The topological polar surface area (TPSA) is 65.0 Å². The van der Waals surface area contributed by atoms with E-state index in [9.17, 15) is 4.79 Å². The van der Waals surface area contributed by atoms with E-state index in [1.165, 1.54) is 0 Å². The molecule has 0 spiro atoms. The monoisotopic (exact) mass is 480 g/mol. The molecule has 4 aromatic carbocycles. The van der Waals surface area contributed by atoms with Crippen LogP contribution in [0.5, 0.6) is 17.2 Å². The van der Waals surface area contributed by atoms with Crippen LogP contribution in [0.4, 0.5) is 0 Å². The summed E-state index contributed by atoms with van der Waals surface area (Å²) in [6.45, 7) is 1.87. The Bertz CT molecular complexity index is 1340. The highest BCUT2D eigenvalue weighted by Crippen LogP contribution is 2.28. The van der Waals surface area contributed by atoms with E-state index in [1.54, 1.807) is 19.2 Å². The van der Waals surface area contributed by atoms with Crippen LogP contribution >= 0.6 is 0 Å². The van der Waals surface area contributed by atoms with Crippen molar-refractivity contribution < 1.29 is 24.1 Å². The molecule has 4 aromatic rings. The normalized spacial score (nSPS) is 10.8. The second kappa shape index (κ2) is 11.8. The molecule has 0 aliphatic rings. The van der Waals surface area contributed by atoms with Crippen molar-refractivity contribution in [1.82, 2.24) is 0 Å². The fraction of sp³-hybridized carbons (Fsp3) is 0.129. The third-order valence-corrected chi connectivity index (χ3v) is 5.61. The van der Waals surface area contributed by atoms with Gasteiger partial charge in [0.2, 0.25) is 0 Å². The van der Waals surface area contributed by atoms with Crippen LogP contribution in [0.2, 0.25) is 0 Å². The quantitative estimate of drug-likeness (QED) is 0.251. The van der Waals surface area contributed by atoms with Crippen LogP contribution < -0.4 is 14.2 Å². The van der Waals surface area contributed by atoms with E-state index in [1.807, 2.05) is 55.5 Å². The molecule has 5 heteroatoms. The summed E-state index contributed by atoms with van der Waals surface area (Å²) in [5.74, 6) is 1.02. The maximum absolute atomic E-state index is 10.8. The molecule has 0 saturated heterocycles. The van der Waals surface area contributed by atoms with E-state index in [2.05, 4.69) is 42.5 Å². The standard InChI is InChI=1S/C31H28O5/c1-22-16-29(14-15-30(22)36-21-31(32)33)35-20-25-17-24(9-8-23-6-4-3-5-7-23)18-27(19-25)26-10-12-28(34-2)13-11-26/h3-19H,20-21H2,1-2H3,(H,32,33). The Morgan fingerprint density at radius 2 is 1.50 bits per heavy atom. The molecule has 1 N–H and O–H groups in total. The number of rotatable bonds is 10. The van der Waals surface area contributed by atoms with Crippen LogP contribution in [-0.4, -0.2) is 24.8 Å². The lowest BCUT2D eigenvalue weighted by atomic mass is 9.99. The first-order valence-electron chi connectivity index (χ1n) is 11.6. The predicted molar refractivity (Wildman–Crippen MR) is 142 cm³/mol. The second-order valence-electron chi connectivity index (χ2n) is 8.33. The van der Waals surface area contributed by atoms with E-state index in [4.69, 9.17) is 19.3 Å². The van der Waals surface area contributed by atoms with Gasteiger partial charge in [0, 0.05) is 0 Å². The van der Waals surface area contributed by atoms with Crippen molar-refractivity contribution >= 4 is 18.1 Å². The summed E-state index contributed by atoms with van der Waals surface area (Å²) in [5, 5.41) is 8.83. The first-order chi connectivity index (χ1) is 17.5. The Morgan fingerprint density at radius 1 is 0.778 bits per heavy atom. The molecule has 182 valence electrons. The van der Waals surface area contributed by atoms with Crippen LogP contribution in [0.15, 0.2) is 91.0 Å². The largest absolute Gasteiger partial charge is 0.497 e. The van der Waals surface area contributed by atoms with Gasteiger partial charge in [0.15, 0.2) is 6.61 Å². The summed E-state index contributed by atoms with van der Waals surface area (Å²) >= 11 is 0. The zero-order valence-corrected chi connectivity index (χ0v) is 20.3. The zero-order chi connectivity index (χ0) is 25.3. The summed E-state index contributed by atoms with van der Waals surface area (Å²) in [6.07, 6.45) is 4.20. The van der Waals surface area contributed by atoms with E-state index in [0.29, 0.717) is 18.1 Å². The molecule has 0 atom stereocenters. The Hall–Kier alpha value is -4.51. The molecule has 0 aromatic heterocycles. The number of hydrogen-bond donors (Lipinski definition) is 1. The minimum absolute atomic E-state index is 0.377.